The summed E-state index contributed by atoms with van der Waals surface area (Å²) < 4.78 is 6.77. The van der Waals surface area contributed by atoms with E-state index in [4.69, 9.17) is 21.6 Å². The lowest BCUT2D eigenvalue weighted by molar-refractivity contribution is 0.306. The second kappa shape index (κ2) is 7.12. The Hall–Kier alpha value is -1.02. The highest BCUT2D eigenvalue weighted by Gasteiger charge is 2.05. The number of rotatable bonds is 4. The lowest BCUT2D eigenvalue weighted by Crippen LogP contribution is -1.97. The first-order chi connectivity index (χ1) is 9.63. The molecule has 0 N–H and O–H groups in total. The molecule has 0 amide bonds. The van der Waals surface area contributed by atoms with E-state index in [1.165, 1.54) is 0 Å². The quantitative estimate of drug-likeness (QED) is 0.622. The topological polar surface area (TPSA) is 33.0 Å². The van der Waals surface area contributed by atoms with Crippen LogP contribution in [0.3, 0.4) is 0 Å². The first kappa shape index (κ1) is 15.4. The van der Waals surface area contributed by atoms with E-state index in [-0.39, 0.29) is 0 Å². The van der Waals surface area contributed by atoms with Gasteiger partial charge in [0.1, 0.15) is 12.4 Å². The minimum absolute atomic E-state index is 0.369. The minimum Gasteiger partial charge on any atom is -0.489 e. The Morgan fingerprint density at radius 2 is 1.95 bits per heavy atom. The van der Waals surface area contributed by atoms with Crippen LogP contribution in [0.4, 0.5) is 0 Å². The molecular formula is C15H10Br2ClNO. The van der Waals surface area contributed by atoms with Gasteiger partial charge in [0.25, 0.3) is 0 Å². The van der Waals surface area contributed by atoms with Gasteiger partial charge < -0.3 is 4.74 Å². The van der Waals surface area contributed by atoms with Crippen molar-refractivity contribution >= 4 is 43.5 Å². The molecule has 20 heavy (non-hydrogen) atoms. The predicted octanol–water partition coefficient (Wildman–Crippen LogP) is 5.45. The first-order valence-corrected chi connectivity index (χ1v) is 8.09. The standard InChI is InChI=1S/C15H10Br2ClNO/c16-7-12-6-13(3-4-14(12)17)20-9-11-2-1-10(8-19)5-15(11)18/h1-6H,7,9H2. The third-order valence-corrected chi connectivity index (χ3v) is 4.47. The molecule has 0 saturated carbocycles. The van der Waals surface area contributed by atoms with E-state index in [0.29, 0.717) is 17.2 Å². The SMILES string of the molecule is N#Cc1ccc(COc2ccc(Br)c(CBr)c2)c(Cl)c1. The van der Waals surface area contributed by atoms with E-state index in [9.17, 15) is 0 Å². The highest BCUT2D eigenvalue weighted by molar-refractivity contribution is 9.10. The summed E-state index contributed by atoms with van der Waals surface area (Å²) in [6.45, 7) is 0.369. The van der Waals surface area contributed by atoms with Crippen LogP contribution in [0.5, 0.6) is 5.75 Å². The van der Waals surface area contributed by atoms with Crippen molar-refractivity contribution < 1.29 is 4.74 Å². The molecule has 2 aromatic carbocycles. The van der Waals surface area contributed by atoms with E-state index in [2.05, 4.69) is 37.9 Å². The molecule has 0 aliphatic heterocycles. The highest BCUT2D eigenvalue weighted by atomic mass is 79.9. The summed E-state index contributed by atoms with van der Waals surface area (Å²) in [6, 6.07) is 13.1. The Balaban J connectivity index is 2.11. The van der Waals surface area contributed by atoms with E-state index in [1.807, 2.05) is 24.3 Å². The zero-order chi connectivity index (χ0) is 14.5. The molecule has 0 atom stereocenters. The van der Waals surface area contributed by atoms with Crippen LogP contribution < -0.4 is 4.74 Å². The summed E-state index contributed by atoms with van der Waals surface area (Å²) in [7, 11) is 0. The van der Waals surface area contributed by atoms with E-state index >= 15 is 0 Å². The largest absolute Gasteiger partial charge is 0.489 e. The zero-order valence-electron chi connectivity index (χ0n) is 10.4. The summed E-state index contributed by atoms with van der Waals surface area (Å²) in [6.07, 6.45) is 0. The maximum absolute atomic E-state index is 8.80. The highest BCUT2D eigenvalue weighted by Crippen LogP contribution is 2.26. The lowest BCUT2D eigenvalue weighted by atomic mass is 10.1. The second-order valence-electron chi connectivity index (χ2n) is 4.09. The van der Waals surface area contributed by atoms with Gasteiger partial charge in [0.15, 0.2) is 0 Å². The second-order valence-corrected chi connectivity index (χ2v) is 5.92. The molecule has 2 rings (SSSR count). The molecule has 2 aromatic rings. The van der Waals surface area contributed by atoms with Crippen LogP contribution in [0.2, 0.25) is 5.02 Å². The average molecular weight is 416 g/mol. The average Bonchev–Trinajstić information content (AvgIpc) is 2.47. The minimum atomic E-state index is 0.369. The normalized spacial score (nSPS) is 10.1. The Morgan fingerprint density at radius 1 is 1.15 bits per heavy atom. The summed E-state index contributed by atoms with van der Waals surface area (Å²) in [4.78, 5) is 0. The fourth-order valence-electron chi connectivity index (χ4n) is 1.64. The van der Waals surface area contributed by atoms with Gasteiger partial charge >= 0.3 is 0 Å². The number of nitriles is 1. The Bertz CT molecular complexity index is 667. The fourth-order valence-corrected chi connectivity index (χ4v) is 3.10. The van der Waals surface area contributed by atoms with E-state index < -0.39 is 0 Å². The van der Waals surface area contributed by atoms with Crippen LogP contribution in [0.15, 0.2) is 40.9 Å². The smallest absolute Gasteiger partial charge is 0.120 e. The van der Waals surface area contributed by atoms with Crippen LogP contribution in [0.25, 0.3) is 0 Å². The molecule has 0 aliphatic rings. The number of hydrogen-bond donors (Lipinski definition) is 0. The lowest BCUT2D eigenvalue weighted by Gasteiger charge is -2.10. The number of benzene rings is 2. The van der Waals surface area contributed by atoms with Gasteiger partial charge in [-0.05, 0) is 35.9 Å². The Labute approximate surface area is 139 Å². The van der Waals surface area contributed by atoms with Crippen molar-refractivity contribution in [1.29, 1.82) is 5.26 Å². The molecule has 0 aromatic heterocycles. The van der Waals surface area contributed by atoms with Crippen LogP contribution in [0.1, 0.15) is 16.7 Å². The van der Waals surface area contributed by atoms with Crippen molar-refractivity contribution in [3.8, 4) is 11.8 Å². The van der Waals surface area contributed by atoms with Gasteiger partial charge in [0.2, 0.25) is 0 Å². The van der Waals surface area contributed by atoms with E-state index in [1.54, 1.807) is 12.1 Å². The summed E-state index contributed by atoms with van der Waals surface area (Å²) in [5.41, 5.74) is 2.52. The Morgan fingerprint density at radius 3 is 2.60 bits per heavy atom. The first-order valence-electron chi connectivity index (χ1n) is 5.79. The molecule has 0 saturated heterocycles. The third kappa shape index (κ3) is 3.76. The van der Waals surface area contributed by atoms with Crippen molar-refractivity contribution in [2.75, 3.05) is 0 Å². The molecule has 0 heterocycles. The maximum Gasteiger partial charge on any atom is 0.120 e. The van der Waals surface area contributed by atoms with Crippen LogP contribution in [-0.2, 0) is 11.9 Å². The Kier molecular flexibility index (Phi) is 5.47. The van der Waals surface area contributed by atoms with Crippen LogP contribution in [0, 0.1) is 11.3 Å². The summed E-state index contributed by atoms with van der Waals surface area (Å²) in [5, 5.41) is 10.1. The van der Waals surface area contributed by atoms with Gasteiger partial charge in [-0.1, -0.05) is 49.5 Å². The van der Waals surface area contributed by atoms with Gasteiger partial charge in [0.05, 0.1) is 11.6 Å². The molecule has 0 aliphatic carbocycles. The maximum atomic E-state index is 8.80. The van der Waals surface area contributed by atoms with Gasteiger partial charge in [-0.15, -0.1) is 0 Å². The molecule has 0 fully saturated rings. The van der Waals surface area contributed by atoms with Crippen molar-refractivity contribution in [3.05, 3.63) is 62.6 Å². The van der Waals surface area contributed by atoms with Crippen molar-refractivity contribution in [2.24, 2.45) is 0 Å². The van der Waals surface area contributed by atoms with Crippen molar-refractivity contribution in [1.82, 2.24) is 0 Å². The van der Waals surface area contributed by atoms with Gasteiger partial charge in [-0.2, -0.15) is 5.26 Å². The number of halogens is 3. The van der Waals surface area contributed by atoms with E-state index in [0.717, 1.165) is 26.7 Å². The van der Waals surface area contributed by atoms with Crippen molar-refractivity contribution in [2.45, 2.75) is 11.9 Å². The van der Waals surface area contributed by atoms with Crippen LogP contribution >= 0.6 is 43.5 Å². The number of hydrogen-bond acceptors (Lipinski definition) is 2. The molecule has 102 valence electrons. The van der Waals surface area contributed by atoms with Gasteiger partial charge in [0, 0.05) is 20.4 Å². The number of alkyl halides is 1. The summed E-state index contributed by atoms with van der Waals surface area (Å²) >= 11 is 13.0. The fraction of sp³-hybridized carbons (Fsp3) is 0.133. The molecule has 2 nitrogen and oxygen atoms in total. The molecule has 0 bridgehead atoms. The van der Waals surface area contributed by atoms with Crippen LogP contribution in [-0.4, -0.2) is 0 Å². The number of ether oxygens (including phenoxy) is 1. The zero-order valence-corrected chi connectivity index (χ0v) is 14.3. The van der Waals surface area contributed by atoms with Gasteiger partial charge in [-0.25, -0.2) is 0 Å². The van der Waals surface area contributed by atoms with Crippen molar-refractivity contribution in [3.63, 3.8) is 0 Å². The predicted molar refractivity (Wildman–Crippen MR) is 87.3 cm³/mol. The third-order valence-electron chi connectivity index (χ3n) is 2.74. The molecule has 0 radical (unpaired) electrons. The molecule has 0 unspecified atom stereocenters. The molecule has 5 heteroatoms. The molecular weight excluding hydrogens is 405 g/mol. The number of nitrogens with zero attached hydrogens (tertiary/aromatic N) is 1. The monoisotopic (exact) mass is 413 g/mol. The van der Waals surface area contributed by atoms with Gasteiger partial charge in [-0.3, -0.25) is 0 Å². The molecule has 0 spiro atoms. The summed E-state index contributed by atoms with van der Waals surface area (Å²) in [5.74, 6) is 0.781.